The Hall–Kier alpha value is -0.170. The van der Waals surface area contributed by atoms with Crippen molar-refractivity contribution in [3.05, 3.63) is 0 Å². The molecule has 0 amide bonds. The molecular formula is C13H26N2O3S. The van der Waals surface area contributed by atoms with Gasteiger partial charge in [0.15, 0.2) is 0 Å². The monoisotopic (exact) mass is 290 g/mol. The molecule has 2 saturated heterocycles. The van der Waals surface area contributed by atoms with Crippen molar-refractivity contribution < 1.29 is 13.2 Å². The van der Waals surface area contributed by atoms with E-state index in [0.717, 1.165) is 19.4 Å². The average molecular weight is 290 g/mol. The first-order valence-corrected chi connectivity index (χ1v) is 8.76. The first kappa shape index (κ1) is 15.2. The van der Waals surface area contributed by atoms with Crippen molar-refractivity contribution in [3.8, 4) is 0 Å². The zero-order valence-corrected chi connectivity index (χ0v) is 12.8. The lowest BCUT2D eigenvalue weighted by Crippen LogP contribution is -2.53. The van der Waals surface area contributed by atoms with Gasteiger partial charge < -0.3 is 10.1 Å². The van der Waals surface area contributed by atoms with Gasteiger partial charge in [0.2, 0.25) is 10.0 Å². The Morgan fingerprint density at radius 2 is 2.00 bits per heavy atom. The van der Waals surface area contributed by atoms with Gasteiger partial charge in [-0.25, -0.2) is 13.1 Å². The van der Waals surface area contributed by atoms with Crippen LogP contribution < -0.4 is 10.0 Å². The molecule has 0 aliphatic carbocycles. The molecule has 112 valence electrons. The highest BCUT2D eigenvalue weighted by molar-refractivity contribution is 7.90. The largest absolute Gasteiger partial charge is 0.381 e. The van der Waals surface area contributed by atoms with E-state index < -0.39 is 10.0 Å². The van der Waals surface area contributed by atoms with E-state index in [1.54, 1.807) is 0 Å². The van der Waals surface area contributed by atoms with Crippen LogP contribution in [0.2, 0.25) is 0 Å². The fourth-order valence-electron chi connectivity index (χ4n) is 2.92. The minimum absolute atomic E-state index is 0.149. The molecule has 0 spiro atoms. The van der Waals surface area contributed by atoms with Gasteiger partial charge in [0.1, 0.15) is 0 Å². The molecule has 6 heteroatoms. The fourth-order valence-corrected chi connectivity index (χ4v) is 4.37. The van der Waals surface area contributed by atoms with Gasteiger partial charge in [0.25, 0.3) is 0 Å². The molecular weight excluding hydrogens is 264 g/mol. The summed E-state index contributed by atoms with van der Waals surface area (Å²) >= 11 is 0. The van der Waals surface area contributed by atoms with Crippen molar-refractivity contribution in [2.24, 2.45) is 5.41 Å². The van der Waals surface area contributed by atoms with Crippen molar-refractivity contribution in [1.82, 2.24) is 10.0 Å². The molecule has 0 bridgehead atoms. The Morgan fingerprint density at radius 1 is 1.32 bits per heavy atom. The predicted molar refractivity (Wildman–Crippen MR) is 75.6 cm³/mol. The van der Waals surface area contributed by atoms with E-state index in [1.165, 1.54) is 0 Å². The lowest BCUT2D eigenvalue weighted by atomic mass is 9.78. The summed E-state index contributed by atoms with van der Waals surface area (Å²) in [5.41, 5.74) is 0.149. The predicted octanol–water partition coefficient (Wildman–Crippen LogP) is 0.863. The van der Waals surface area contributed by atoms with Crippen LogP contribution in [0, 0.1) is 5.41 Å². The van der Waals surface area contributed by atoms with E-state index >= 15 is 0 Å². The van der Waals surface area contributed by atoms with E-state index in [2.05, 4.69) is 23.9 Å². The van der Waals surface area contributed by atoms with Gasteiger partial charge in [-0.15, -0.1) is 0 Å². The number of nitrogens with one attached hydrogen (secondary N) is 2. The van der Waals surface area contributed by atoms with Crippen LogP contribution in [0.3, 0.4) is 0 Å². The molecule has 5 nitrogen and oxygen atoms in total. The molecule has 2 N–H and O–H groups in total. The van der Waals surface area contributed by atoms with E-state index in [4.69, 9.17) is 4.74 Å². The summed E-state index contributed by atoms with van der Waals surface area (Å²) in [5, 5.41) is 3.15. The molecule has 19 heavy (non-hydrogen) atoms. The van der Waals surface area contributed by atoms with Crippen LogP contribution in [0.4, 0.5) is 0 Å². The summed E-state index contributed by atoms with van der Waals surface area (Å²) in [6.45, 7) is 6.98. The zero-order chi connectivity index (χ0) is 13.9. The molecule has 0 aromatic heterocycles. The highest BCUT2D eigenvalue weighted by atomic mass is 32.2. The summed E-state index contributed by atoms with van der Waals surface area (Å²) < 4.78 is 32.5. The second-order valence-corrected chi connectivity index (χ2v) is 8.35. The highest BCUT2D eigenvalue weighted by Gasteiger charge is 2.34. The SMILES string of the molecule is CC1(C)CCCNC1CNS(=O)(=O)C1CCOCC1. The molecule has 0 aromatic carbocycles. The van der Waals surface area contributed by atoms with E-state index in [1.807, 2.05) is 0 Å². The average Bonchev–Trinajstić information content (AvgIpc) is 2.38. The van der Waals surface area contributed by atoms with Gasteiger partial charge >= 0.3 is 0 Å². The molecule has 2 rings (SSSR count). The van der Waals surface area contributed by atoms with Gasteiger partial charge in [-0.2, -0.15) is 0 Å². The topological polar surface area (TPSA) is 67.4 Å². The fraction of sp³-hybridized carbons (Fsp3) is 1.00. The van der Waals surface area contributed by atoms with Crippen molar-refractivity contribution in [1.29, 1.82) is 0 Å². The van der Waals surface area contributed by atoms with Crippen LogP contribution in [0.25, 0.3) is 0 Å². The maximum Gasteiger partial charge on any atom is 0.214 e. The summed E-state index contributed by atoms with van der Waals surface area (Å²) in [5.74, 6) is 0. The van der Waals surface area contributed by atoms with Crippen LogP contribution in [0.15, 0.2) is 0 Å². The lowest BCUT2D eigenvalue weighted by Gasteiger charge is -2.39. The van der Waals surface area contributed by atoms with Gasteiger partial charge in [-0.3, -0.25) is 0 Å². The van der Waals surface area contributed by atoms with Crippen LogP contribution in [-0.2, 0) is 14.8 Å². The Morgan fingerprint density at radius 3 is 2.63 bits per heavy atom. The number of sulfonamides is 1. The normalized spacial score (nSPS) is 29.3. The standard InChI is InChI=1S/C13H26N2O3S/c1-13(2)6-3-7-14-12(13)10-15-19(16,17)11-4-8-18-9-5-11/h11-12,14-15H,3-10H2,1-2H3. The molecule has 2 aliphatic heterocycles. The number of piperidine rings is 1. The molecule has 2 fully saturated rings. The molecule has 2 aliphatic rings. The Kier molecular flexibility index (Phi) is 4.87. The second kappa shape index (κ2) is 6.08. The van der Waals surface area contributed by atoms with E-state index in [9.17, 15) is 8.42 Å². The highest BCUT2D eigenvalue weighted by Crippen LogP contribution is 2.29. The molecule has 2 heterocycles. The maximum absolute atomic E-state index is 12.2. The third kappa shape index (κ3) is 3.90. The number of rotatable bonds is 4. The summed E-state index contributed by atoms with van der Waals surface area (Å²) in [4.78, 5) is 0. The third-order valence-electron chi connectivity index (χ3n) is 4.43. The van der Waals surface area contributed by atoms with Gasteiger partial charge in [-0.1, -0.05) is 13.8 Å². The van der Waals surface area contributed by atoms with E-state index in [-0.39, 0.29) is 16.7 Å². The van der Waals surface area contributed by atoms with Gasteiger partial charge in [0.05, 0.1) is 5.25 Å². The molecule has 0 radical (unpaired) electrons. The quantitative estimate of drug-likeness (QED) is 0.806. The van der Waals surface area contributed by atoms with Crippen molar-refractivity contribution in [2.75, 3.05) is 26.3 Å². The van der Waals surface area contributed by atoms with Crippen LogP contribution >= 0.6 is 0 Å². The van der Waals surface area contributed by atoms with Crippen LogP contribution in [0.5, 0.6) is 0 Å². The second-order valence-electron chi connectivity index (χ2n) is 6.30. The van der Waals surface area contributed by atoms with Gasteiger partial charge in [0, 0.05) is 25.8 Å². The Bertz CT molecular complexity index is 389. The molecule has 1 atom stereocenters. The first-order chi connectivity index (χ1) is 8.92. The third-order valence-corrected chi connectivity index (χ3v) is 6.35. The lowest BCUT2D eigenvalue weighted by molar-refractivity contribution is 0.0980. The number of hydrogen-bond donors (Lipinski definition) is 2. The molecule has 0 saturated carbocycles. The summed E-state index contributed by atoms with van der Waals surface area (Å²) in [6, 6.07) is 0.218. The first-order valence-electron chi connectivity index (χ1n) is 7.21. The Labute approximate surface area is 116 Å². The Balaban J connectivity index is 1.89. The van der Waals surface area contributed by atoms with Crippen LogP contribution in [-0.4, -0.2) is 46.0 Å². The summed E-state index contributed by atoms with van der Waals surface area (Å²) in [6.07, 6.45) is 3.52. The van der Waals surface area contributed by atoms with E-state index in [0.29, 0.717) is 32.6 Å². The van der Waals surface area contributed by atoms with Crippen LogP contribution in [0.1, 0.15) is 39.5 Å². The summed E-state index contributed by atoms with van der Waals surface area (Å²) in [7, 11) is -3.20. The number of ether oxygens (including phenoxy) is 1. The minimum atomic E-state index is -3.20. The van der Waals surface area contributed by atoms with Crippen molar-refractivity contribution >= 4 is 10.0 Å². The minimum Gasteiger partial charge on any atom is -0.381 e. The molecule has 0 aromatic rings. The molecule has 1 unspecified atom stereocenters. The zero-order valence-electron chi connectivity index (χ0n) is 11.9. The van der Waals surface area contributed by atoms with Crippen molar-refractivity contribution in [2.45, 2.75) is 50.8 Å². The maximum atomic E-state index is 12.2. The van der Waals surface area contributed by atoms with Crippen molar-refractivity contribution in [3.63, 3.8) is 0 Å². The number of hydrogen-bond acceptors (Lipinski definition) is 4. The van der Waals surface area contributed by atoms with Gasteiger partial charge in [-0.05, 0) is 37.6 Å². The smallest absolute Gasteiger partial charge is 0.214 e.